The summed E-state index contributed by atoms with van der Waals surface area (Å²) in [6.07, 6.45) is 0. The molecule has 0 radical (unpaired) electrons. The van der Waals surface area contributed by atoms with Crippen molar-refractivity contribution in [3.05, 3.63) is 38.8 Å². The highest BCUT2D eigenvalue weighted by Crippen LogP contribution is 2.27. The number of anilines is 1. The normalized spacial score (nSPS) is 10.4. The molecule has 0 unspecified atom stereocenters. The third kappa shape index (κ3) is 2.94. The van der Waals surface area contributed by atoms with Crippen LogP contribution in [0.25, 0.3) is 0 Å². The first-order valence-electron chi connectivity index (χ1n) is 5.60. The molecule has 3 nitrogen and oxygen atoms in total. The zero-order valence-corrected chi connectivity index (χ0v) is 12.2. The van der Waals surface area contributed by atoms with E-state index in [1.54, 1.807) is 18.4 Å². The molecule has 0 fully saturated rings. The first-order valence-corrected chi connectivity index (χ1v) is 6.80. The van der Waals surface area contributed by atoms with E-state index < -0.39 is 0 Å². The lowest BCUT2D eigenvalue weighted by Crippen LogP contribution is -1.99. The molecule has 0 aliphatic heterocycles. The maximum atomic E-state index is 6.06. The van der Waals surface area contributed by atoms with Gasteiger partial charge in [0.25, 0.3) is 0 Å². The number of hydrogen-bond acceptors (Lipinski definition) is 4. The van der Waals surface area contributed by atoms with Crippen LogP contribution in [0.2, 0.25) is 5.02 Å². The molecule has 2 aromatic rings. The van der Waals surface area contributed by atoms with E-state index in [1.165, 1.54) is 4.88 Å². The zero-order valence-electron chi connectivity index (χ0n) is 10.6. The van der Waals surface area contributed by atoms with Crippen LogP contribution in [0.5, 0.6) is 5.75 Å². The van der Waals surface area contributed by atoms with Gasteiger partial charge in [0.15, 0.2) is 0 Å². The van der Waals surface area contributed by atoms with Crippen molar-refractivity contribution in [2.24, 2.45) is 0 Å². The van der Waals surface area contributed by atoms with Crippen molar-refractivity contribution in [1.82, 2.24) is 4.98 Å². The van der Waals surface area contributed by atoms with Gasteiger partial charge in [-0.05, 0) is 32.0 Å². The number of rotatable bonds is 4. The molecule has 0 saturated heterocycles. The lowest BCUT2D eigenvalue weighted by Gasteiger charge is -2.07. The summed E-state index contributed by atoms with van der Waals surface area (Å²) in [7, 11) is 1.61. The van der Waals surface area contributed by atoms with Crippen molar-refractivity contribution < 1.29 is 4.74 Å². The van der Waals surface area contributed by atoms with Gasteiger partial charge in [0.05, 0.1) is 24.4 Å². The molecule has 0 bridgehead atoms. The molecule has 1 heterocycles. The third-order valence-electron chi connectivity index (χ3n) is 2.67. The largest absolute Gasteiger partial charge is 0.495 e. The van der Waals surface area contributed by atoms with E-state index in [0.29, 0.717) is 17.3 Å². The van der Waals surface area contributed by atoms with Crippen molar-refractivity contribution in [1.29, 1.82) is 0 Å². The number of ether oxygens (including phenoxy) is 1. The van der Waals surface area contributed by atoms with Crippen LogP contribution in [0.1, 0.15) is 15.6 Å². The predicted molar refractivity (Wildman–Crippen MR) is 76.9 cm³/mol. The van der Waals surface area contributed by atoms with E-state index in [-0.39, 0.29) is 0 Å². The highest BCUT2D eigenvalue weighted by atomic mass is 35.5. The van der Waals surface area contributed by atoms with Gasteiger partial charge in [0.2, 0.25) is 0 Å². The molecule has 0 amide bonds. The fraction of sp³-hybridized carbons (Fsp3) is 0.308. The van der Waals surface area contributed by atoms with Crippen LogP contribution >= 0.6 is 22.9 Å². The van der Waals surface area contributed by atoms with Gasteiger partial charge in [-0.1, -0.05) is 11.6 Å². The molecule has 1 aromatic heterocycles. The number of methoxy groups -OCH3 is 1. The van der Waals surface area contributed by atoms with Gasteiger partial charge in [-0.2, -0.15) is 0 Å². The van der Waals surface area contributed by atoms with Gasteiger partial charge in [-0.25, -0.2) is 4.98 Å². The number of benzene rings is 1. The SMILES string of the molecule is COc1ccc(NCc2nc(C)c(C)s2)cc1Cl. The fourth-order valence-corrected chi connectivity index (χ4v) is 2.70. The molecule has 1 N–H and O–H groups in total. The van der Waals surface area contributed by atoms with Crippen molar-refractivity contribution in [3.8, 4) is 5.75 Å². The number of nitrogens with one attached hydrogen (secondary N) is 1. The predicted octanol–water partition coefficient (Wildman–Crippen LogP) is 4.03. The number of thiazole rings is 1. The van der Waals surface area contributed by atoms with E-state index in [9.17, 15) is 0 Å². The van der Waals surface area contributed by atoms with E-state index >= 15 is 0 Å². The van der Waals surface area contributed by atoms with E-state index in [0.717, 1.165) is 16.4 Å². The van der Waals surface area contributed by atoms with Crippen molar-refractivity contribution in [2.75, 3.05) is 12.4 Å². The quantitative estimate of drug-likeness (QED) is 0.919. The highest BCUT2D eigenvalue weighted by molar-refractivity contribution is 7.11. The summed E-state index contributed by atoms with van der Waals surface area (Å²) in [4.78, 5) is 5.74. The Hall–Kier alpha value is -1.26. The number of nitrogens with zero attached hydrogens (tertiary/aromatic N) is 1. The second-order valence-corrected chi connectivity index (χ2v) is 5.65. The lowest BCUT2D eigenvalue weighted by atomic mass is 10.3. The topological polar surface area (TPSA) is 34.1 Å². The summed E-state index contributed by atoms with van der Waals surface area (Å²) in [6, 6.07) is 5.65. The summed E-state index contributed by atoms with van der Waals surface area (Å²) in [5.74, 6) is 0.683. The Balaban J connectivity index is 2.04. The fourth-order valence-electron chi connectivity index (χ4n) is 1.57. The molecule has 0 aliphatic rings. The van der Waals surface area contributed by atoms with Gasteiger partial charge in [0.1, 0.15) is 10.8 Å². The molecule has 18 heavy (non-hydrogen) atoms. The van der Waals surface area contributed by atoms with Crippen LogP contribution in [-0.2, 0) is 6.54 Å². The molecule has 2 rings (SSSR count). The van der Waals surface area contributed by atoms with Crippen LogP contribution in [0, 0.1) is 13.8 Å². The van der Waals surface area contributed by atoms with Gasteiger partial charge < -0.3 is 10.1 Å². The first kappa shape index (κ1) is 13.2. The molecular formula is C13H15ClN2OS. The van der Waals surface area contributed by atoms with Crippen molar-refractivity contribution >= 4 is 28.6 Å². The summed E-state index contributed by atoms with van der Waals surface area (Å²) in [5.41, 5.74) is 2.07. The molecule has 0 aliphatic carbocycles. The van der Waals surface area contributed by atoms with Crippen LogP contribution < -0.4 is 10.1 Å². The van der Waals surface area contributed by atoms with E-state index in [4.69, 9.17) is 16.3 Å². The summed E-state index contributed by atoms with van der Waals surface area (Å²) >= 11 is 7.78. The van der Waals surface area contributed by atoms with Crippen LogP contribution in [0.15, 0.2) is 18.2 Å². The minimum atomic E-state index is 0.606. The van der Waals surface area contributed by atoms with Crippen LogP contribution in [0.3, 0.4) is 0 Å². The minimum Gasteiger partial charge on any atom is -0.495 e. The zero-order chi connectivity index (χ0) is 13.1. The molecule has 0 spiro atoms. The first-order chi connectivity index (χ1) is 8.60. The Labute approximate surface area is 116 Å². The molecule has 1 aromatic carbocycles. The van der Waals surface area contributed by atoms with Gasteiger partial charge >= 0.3 is 0 Å². The standard InChI is InChI=1S/C13H15ClN2OS/c1-8-9(2)18-13(16-8)7-15-10-4-5-12(17-3)11(14)6-10/h4-6,15H,7H2,1-3H3. The Bertz CT molecular complexity index is 534. The Morgan fingerprint density at radius 1 is 1.39 bits per heavy atom. The Morgan fingerprint density at radius 2 is 2.17 bits per heavy atom. The van der Waals surface area contributed by atoms with Crippen molar-refractivity contribution in [2.45, 2.75) is 20.4 Å². The monoisotopic (exact) mass is 282 g/mol. The van der Waals surface area contributed by atoms with Gasteiger partial charge in [-0.3, -0.25) is 0 Å². The molecule has 0 atom stereocenters. The summed E-state index contributed by atoms with van der Waals surface area (Å²) in [6.45, 7) is 4.82. The minimum absolute atomic E-state index is 0.606. The number of hydrogen-bond donors (Lipinski definition) is 1. The maximum Gasteiger partial charge on any atom is 0.137 e. The second-order valence-electron chi connectivity index (χ2n) is 3.95. The summed E-state index contributed by atoms with van der Waals surface area (Å²) in [5, 5.41) is 4.99. The Morgan fingerprint density at radius 3 is 2.72 bits per heavy atom. The third-order valence-corrected chi connectivity index (χ3v) is 4.04. The average Bonchev–Trinajstić information content (AvgIpc) is 2.66. The van der Waals surface area contributed by atoms with Gasteiger partial charge in [-0.15, -0.1) is 11.3 Å². The molecular weight excluding hydrogens is 268 g/mol. The van der Waals surface area contributed by atoms with E-state index in [1.807, 2.05) is 25.1 Å². The van der Waals surface area contributed by atoms with E-state index in [2.05, 4.69) is 17.2 Å². The molecule has 96 valence electrons. The van der Waals surface area contributed by atoms with Gasteiger partial charge in [0, 0.05) is 10.6 Å². The molecule has 0 saturated carbocycles. The number of halogens is 1. The maximum absolute atomic E-state index is 6.06. The average molecular weight is 283 g/mol. The Kier molecular flexibility index (Phi) is 4.09. The second kappa shape index (κ2) is 5.59. The lowest BCUT2D eigenvalue weighted by molar-refractivity contribution is 0.415. The van der Waals surface area contributed by atoms with Crippen LogP contribution in [0.4, 0.5) is 5.69 Å². The van der Waals surface area contributed by atoms with Crippen molar-refractivity contribution in [3.63, 3.8) is 0 Å². The van der Waals surface area contributed by atoms with Crippen LogP contribution in [-0.4, -0.2) is 12.1 Å². The smallest absolute Gasteiger partial charge is 0.137 e. The molecule has 5 heteroatoms. The number of aryl methyl sites for hydroxylation is 2. The highest BCUT2D eigenvalue weighted by Gasteiger charge is 2.05. The summed E-state index contributed by atoms with van der Waals surface area (Å²) < 4.78 is 5.11. The number of aromatic nitrogens is 1.